The predicted molar refractivity (Wildman–Crippen MR) is 130 cm³/mol. The minimum absolute atomic E-state index is 0.853. The highest BCUT2D eigenvalue weighted by atomic mass is 16.5. The average molecular weight is 399 g/mol. The number of fused-ring (bicyclic) bond motifs is 2. The molecule has 0 amide bonds. The van der Waals surface area contributed by atoms with Crippen molar-refractivity contribution >= 4 is 27.8 Å². The van der Waals surface area contributed by atoms with Crippen LogP contribution in [0, 0.1) is 0 Å². The van der Waals surface area contributed by atoms with E-state index in [0.29, 0.717) is 0 Å². The molecular weight excluding hydrogens is 378 g/mol. The molecule has 0 bridgehead atoms. The molecule has 0 spiro atoms. The van der Waals surface area contributed by atoms with Crippen LogP contribution >= 0.6 is 0 Å². The van der Waals surface area contributed by atoms with Gasteiger partial charge in [-0.05, 0) is 46.3 Å². The summed E-state index contributed by atoms with van der Waals surface area (Å²) in [5, 5.41) is 2.52. The third-order valence-electron chi connectivity index (χ3n) is 6.09. The quantitative estimate of drug-likeness (QED) is 0.299. The van der Waals surface area contributed by atoms with Crippen molar-refractivity contribution in [3.05, 3.63) is 109 Å². The number of hydrogen-bond donors (Lipinski definition) is 0. The summed E-state index contributed by atoms with van der Waals surface area (Å²) in [6.45, 7) is 0. The molecule has 31 heavy (non-hydrogen) atoms. The molecule has 0 aromatic heterocycles. The number of nitrogens with zero attached hydrogens (tertiary/aromatic N) is 1. The zero-order valence-electron chi connectivity index (χ0n) is 17.2. The standard InChI is InChI=1S/C29H21NO/c1-31-28-18-17-22(20-9-3-2-4-10-20)19-27(28)30-25-15-6-5-13-23(25)24-14-7-11-21-12-8-16-26(30)29(21)24/h2-19H,1H3. The van der Waals surface area contributed by atoms with Gasteiger partial charge < -0.3 is 9.64 Å². The third kappa shape index (κ3) is 2.72. The maximum atomic E-state index is 5.85. The highest BCUT2D eigenvalue weighted by Crippen LogP contribution is 2.52. The minimum Gasteiger partial charge on any atom is -0.495 e. The SMILES string of the molecule is COc1ccc(-c2ccccc2)cc1N1c2ccccc2-c2cccc3cccc1c23. The lowest BCUT2D eigenvalue weighted by atomic mass is 9.90. The Bertz CT molecular complexity index is 1420. The van der Waals surface area contributed by atoms with Gasteiger partial charge in [0.05, 0.1) is 24.2 Å². The predicted octanol–water partition coefficient (Wildman–Crippen LogP) is 7.97. The molecule has 1 aliphatic rings. The van der Waals surface area contributed by atoms with Gasteiger partial charge in [-0.15, -0.1) is 0 Å². The monoisotopic (exact) mass is 399 g/mol. The molecule has 6 rings (SSSR count). The summed E-state index contributed by atoms with van der Waals surface area (Å²) in [7, 11) is 1.74. The molecule has 0 aliphatic carbocycles. The van der Waals surface area contributed by atoms with E-state index >= 15 is 0 Å². The number of hydrogen-bond acceptors (Lipinski definition) is 2. The van der Waals surface area contributed by atoms with Crippen molar-refractivity contribution in [2.24, 2.45) is 0 Å². The topological polar surface area (TPSA) is 12.5 Å². The van der Waals surface area contributed by atoms with Crippen molar-refractivity contribution in [3.63, 3.8) is 0 Å². The smallest absolute Gasteiger partial charge is 0.142 e. The van der Waals surface area contributed by atoms with Crippen molar-refractivity contribution in [2.75, 3.05) is 12.0 Å². The van der Waals surface area contributed by atoms with Crippen molar-refractivity contribution < 1.29 is 4.74 Å². The lowest BCUT2D eigenvalue weighted by Crippen LogP contribution is -2.16. The van der Waals surface area contributed by atoms with Crippen LogP contribution < -0.4 is 9.64 Å². The molecule has 0 unspecified atom stereocenters. The summed E-state index contributed by atoms with van der Waals surface area (Å²) in [5.74, 6) is 0.853. The Balaban J connectivity index is 1.68. The molecule has 1 heterocycles. The van der Waals surface area contributed by atoms with Crippen molar-refractivity contribution in [2.45, 2.75) is 0 Å². The van der Waals surface area contributed by atoms with E-state index in [9.17, 15) is 0 Å². The van der Waals surface area contributed by atoms with Crippen LogP contribution in [0.25, 0.3) is 33.0 Å². The van der Waals surface area contributed by atoms with Crippen molar-refractivity contribution in [1.29, 1.82) is 0 Å². The first kappa shape index (κ1) is 17.8. The Kier molecular flexibility index (Phi) is 4.03. The van der Waals surface area contributed by atoms with Gasteiger partial charge in [0, 0.05) is 10.9 Å². The minimum atomic E-state index is 0.853. The van der Waals surface area contributed by atoms with E-state index in [1.165, 1.54) is 38.7 Å². The van der Waals surface area contributed by atoms with Crippen LogP contribution in [-0.2, 0) is 0 Å². The van der Waals surface area contributed by atoms with Gasteiger partial charge in [-0.3, -0.25) is 0 Å². The first-order valence-corrected chi connectivity index (χ1v) is 10.5. The van der Waals surface area contributed by atoms with Crippen LogP contribution in [0.4, 0.5) is 17.1 Å². The summed E-state index contributed by atoms with van der Waals surface area (Å²) in [6, 6.07) is 38.6. The summed E-state index contributed by atoms with van der Waals surface area (Å²) in [4.78, 5) is 2.34. The molecule has 0 saturated carbocycles. The first-order chi connectivity index (χ1) is 15.3. The van der Waals surface area contributed by atoms with E-state index < -0.39 is 0 Å². The van der Waals surface area contributed by atoms with E-state index in [0.717, 1.165) is 17.1 Å². The highest BCUT2D eigenvalue weighted by Gasteiger charge is 2.27. The molecule has 148 valence electrons. The van der Waals surface area contributed by atoms with Crippen LogP contribution in [0.5, 0.6) is 5.75 Å². The van der Waals surface area contributed by atoms with E-state index in [4.69, 9.17) is 4.74 Å². The second-order valence-corrected chi connectivity index (χ2v) is 7.79. The van der Waals surface area contributed by atoms with E-state index in [1.807, 2.05) is 6.07 Å². The van der Waals surface area contributed by atoms with Gasteiger partial charge in [0.15, 0.2) is 0 Å². The maximum absolute atomic E-state index is 5.85. The Morgan fingerprint density at radius 1 is 0.548 bits per heavy atom. The van der Waals surface area contributed by atoms with E-state index in [1.54, 1.807) is 7.11 Å². The van der Waals surface area contributed by atoms with E-state index in [-0.39, 0.29) is 0 Å². The largest absolute Gasteiger partial charge is 0.495 e. The molecule has 0 N–H and O–H groups in total. The van der Waals surface area contributed by atoms with Gasteiger partial charge in [0.1, 0.15) is 5.75 Å². The second-order valence-electron chi connectivity index (χ2n) is 7.79. The normalized spacial score (nSPS) is 12.0. The van der Waals surface area contributed by atoms with Gasteiger partial charge >= 0.3 is 0 Å². The number of methoxy groups -OCH3 is 1. The van der Waals surface area contributed by atoms with E-state index in [2.05, 4.69) is 108 Å². The summed E-state index contributed by atoms with van der Waals surface area (Å²) >= 11 is 0. The molecule has 0 saturated heterocycles. The molecule has 5 aromatic rings. The highest BCUT2D eigenvalue weighted by molar-refractivity contribution is 6.14. The van der Waals surface area contributed by atoms with Crippen LogP contribution in [0.3, 0.4) is 0 Å². The van der Waals surface area contributed by atoms with Crippen molar-refractivity contribution in [1.82, 2.24) is 0 Å². The number of para-hydroxylation sites is 1. The van der Waals surface area contributed by atoms with Gasteiger partial charge in [0.25, 0.3) is 0 Å². The summed E-state index contributed by atoms with van der Waals surface area (Å²) < 4.78 is 5.85. The fourth-order valence-corrected chi connectivity index (χ4v) is 4.69. The molecule has 0 atom stereocenters. The van der Waals surface area contributed by atoms with Gasteiger partial charge in [-0.2, -0.15) is 0 Å². The molecule has 2 nitrogen and oxygen atoms in total. The van der Waals surface area contributed by atoms with Crippen LogP contribution in [-0.4, -0.2) is 7.11 Å². The Morgan fingerprint density at radius 2 is 1.26 bits per heavy atom. The van der Waals surface area contributed by atoms with Gasteiger partial charge in [0.2, 0.25) is 0 Å². The summed E-state index contributed by atoms with van der Waals surface area (Å²) in [5.41, 5.74) is 8.25. The fraction of sp³-hybridized carbons (Fsp3) is 0.0345. The lowest BCUT2D eigenvalue weighted by Gasteiger charge is -2.34. The Labute approximate surface area is 182 Å². The van der Waals surface area contributed by atoms with Crippen LogP contribution in [0.2, 0.25) is 0 Å². The fourth-order valence-electron chi connectivity index (χ4n) is 4.69. The third-order valence-corrected chi connectivity index (χ3v) is 6.09. The number of rotatable bonds is 3. The maximum Gasteiger partial charge on any atom is 0.142 e. The Morgan fingerprint density at radius 3 is 2.10 bits per heavy atom. The number of benzene rings is 5. The molecular formula is C29H21NO. The molecule has 1 aliphatic heterocycles. The molecule has 0 fully saturated rings. The van der Waals surface area contributed by atoms with Crippen LogP contribution in [0.1, 0.15) is 0 Å². The average Bonchev–Trinajstić information content (AvgIpc) is 2.85. The Hall–Kier alpha value is -4.04. The van der Waals surface area contributed by atoms with Crippen molar-refractivity contribution in [3.8, 4) is 28.0 Å². The molecule has 0 radical (unpaired) electrons. The first-order valence-electron chi connectivity index (χ1n) is 10.5. The molecule has 5 aromatic carbocycles. The lowest BCUT2D eigenvalue weighted by molar-refractivity contribution is 0.416. The second kappa shape index (κ2) is 7.03. The number of ether oxygens (including phenoxy) is 1. The summed E-state index contributed by atoms with van der Waals surface area (Å²) in [6.07, 6.45) is 0. The van der Waals surface area contributed by atoms with Crippen LogP contribution in [0.15, 0.2) is 109 Å². The zero-order chi connectivity index (χ0) is 20.8. The van der Waals surface area contributed by atoms with Gasteiger partial charge in [-0.25, -0.2) is 0 Å². The molecule has 2 heteroatoms. The number of anilines is 3. The van der Waals surface area contributed by atoms with Gasteiger partial charge in [-0.1, -0.05) is 84.9 Å². The zero-order valence-corrected chi connectivity index (χ0v) is 17.2.